The van der Waals surface area contributed by atoms with Gasteiger partial charge in [-0.3, -0.25) is 4.79 Å². The maximum absolute atomic E-state index is 13.4. The predicted molar refractivity (Wildman–Crippen MR) is 67.9 cm³/mol. The minimum absolute atomic E-state index is 0.142. The lowest BCUT2D eigenvalue weighted by Gasteiger charge is -2.16. The largest absolute Gasteiger partial charge is 0.394 e. The highest BCUT2D eigenvalue weighted by molar-refractivity contribution is 5.94. The lowest BCUT2D eigenvalue weighted by Crippen LogP contribution is -2.31. The number of nitrogens with one attached hydrogen (secondary N) is 1. The van der Waals surface area contributed by atoms with Gasteiger partial charge in [0.1, 0.15) is 0 Å². The van der Waals surface area contributed by atoms with Gasteiger partial charge in [-0.2, -0.15) is 4.39 Å². The number of carbonyl (C=O) groups is 1. The van der Waals surface area contributed by atoms with Crippen molar-refractivity contribution in [1.82, 2.24) is 10.3 Å². The molecule has 98 valence electrons. The van der Waals surface area contributed by atoms with E-state index >= 15 is 0 Å². The Hall–Kier alpha value is -2.27. The smallest absolute Gasteiger partial charge is 0.256 e. The molecular weight excluding hydrogens is 247 g/mol. The van der Waals surface area contributed by atoms with Crippen molar-refractivity contribution in [1.29, 1.82) is 0 Å². The van der Waals surface area contributed by atoms with Crippen LogP contribution >= 0.6 is 0 Å². The first-order valence-electron chi connectivity index (χ1n) is 5.79. The second-order valence-electron chi connectivity index (χ2n) is 3.96. The summed E-state index contributed by atoms with van der Waals surface area (Å²) in [7, 11) is 0. The highest BCUT2D eigenvalue weighted by Crippen LogP contribution is 2.13. The number of aliphatic hydroxyl groups excluding tert-OH is 1. The third-order valence-corrected chi connectivity index (χ3v) is 2.69. The maximum atomic E-state index is 13.4. The highest BCUT2D eigenvalue weighted by atomic mass is 19.1. The molecule has 0 unspecified atom stereocenters. The van der Waals surface area contributed by atoms with Crippen molar-refractivity contribution in [3.63, 3.8) is 0 Å². The third kappa shape index (κ3) is 3.14. The van der Waals surface area contributed by atoms with E-state index in [1.54, 1.807) is 24.3 Å². The molecule has 0 aliphatic heterocycles. The van der Waals surface area contributed by atoms with Gasteiger partial charge in [0.05, 0.1) is 18.2 Å². The zero-order valence-electron chi connectivity index (χ0n) is 10.1. The molecule has 0 radical (unpaired) electrons. The fraction of sp³-hybridized carbons (Fsp3) is 0.143. The Morgan fingerprint density at radius 2 is 2.00 bits per heavy atom. The van der Waals surface area contributed by atoms with Crippen LogP contribution in [0.15, 0.2) is 48.7 Å². The number of aliphatic hydroxyl groups is 1. The van der Waals surface area contributed by atoms with Gasteiger partial charge in [-0.1, -0.05) is 30.3 Å². The van der Waals surface area contributed by atoms with E-state index in [1.165, 1.54) is 18.3 Å². The number of nitrogens with zero attached hydrogens (tertiary/aromatic N) is 1. The molecule has 2 aromatic rings. The van der Waals surface area contributed by atoms with E-state index in [1.807, 2.05) is 6.07 Å². The summed E-state index contributed by atoms with van der Waals surface area (Å²) in [6.07, 6.45) is 1.27. The number of carbonyl (C=O) groups excluding carboxylic acids is 1. The maximum Gasteiger partial charge on any atom is 0.256 e. The molecule has 1 aromatic heterocycles. The fourth-order valence-corrected chi connectivity index (χ4v) is 1.71. The Balaban J connectivity index is 2.16. The first-order valence-corrected chi connectivity index (χ1v) is 5.79. The Morgan fingerprint density at radius 3 is 2.63 bits per heavy atom. The van der Waals surface area contributed by atoms with Crippen LogP contribution in [0.2, 0.25) is 0 Å². The van der Waals surface area contributed by atoms with E-state index in [4.69, 9.17) is 0 Å². The zero-order valence-corrected chi connectivity index (χ0v) is 10.1. The van der Waals surface area contributed by atoms with Crippen molar-refractivity contribution in [3.05, 3.63) is 65.7 Å². The zero-order chi connectivity index (χ0) is 13.7. The summed E-state index contributed by atoms with van der Waals surface area (Å²) in [4.78, 5) is 15.3. The summed E-state index contributed by atoms with van der Waals surface area (Å²) >= 11 is 0. The molecule has 2 rings (SSSR count). The molecule has 19 heavy (non-hydrogen) atoms. The first-order chi connectivity index (χ1) is 9.22. The Morgan fingerprint density at radius 1 is 1.26 bits per heavy atom. The van der Waals surface area contributed by atoms with Crippen molar-refractivity contribution < 1.29 is 14.3 Å². The van der Waals surface area contributed by atoms with Crippen LogP contribution in [0.5, 0.6) is 0 Å². The molecule has 0 aliphatic carbocycles. The molecule has 4 nitrogen and oxygen atoms in total. The number of pyridine rings is 1. The molecule has 2 N–H and O–H groups in total. The van der Waals surface area contributed by atoms with Gasteiger partial charge in [0.25, 0.3) is 5.91 Å². The van der Waals surface area contributed by atoms with Crippen molar-refractivity contribution >= 4 is 5.91 Å². The third-order valence-electron chi connectivity index (χ3n) is 2.69. The van der Waals surface area contributed by atoms with E-state index in [2.05, 4.69) is 10.3 Å². The van der Waals surface area contributed by atoms with Crippen LogP contribution in [0.25, 0.3) is 0 Å². The SMILES string of the molecule is O=C(N[C@H](CO)c1ccccc1)c1cccnc1F. The highest BCUT2D eigenvalue weighted by Gasteiger charge is 2.17. The van der Waals surface area contributed by atoms with Crippen LogP contribution in [0.4, 0.5) is 4.39 Å². The second kappa shape index (κ2) is 6.06. The first kappa shape index (κ1) is 13.2. The Labute approximate surface area is 109 Å². The van der Waals surface area contributed by atoms with Crippen molar-refractivity contribution in [2.45, 2.75) is 6.04 Å². The molecular formula is C14H13FN2O2. The summed E-state index contributed by atoms with van der Waals surface area (Å²) in [6.45, 7) is -0.266. The van der Waals surface area contributed by atoms with Crippen molar-refractivity contribution in [2.24, 2.45) is 0 Å². The van der Waals surface area contributed by atoms with Crippen LogP contribution in [-0.2, 0) is 0 Å². The summed E-state index contributed by atoms with van der Waals surface area (Å²) in [5.74, 6) is -1.43. The lowest BCUT2D eigenvalue weighted by atomic mass is 10.1. The quantitative estimate of drug-likeness (QED) is 0.822. The number of rotatable bonds is 4. The molecule has 0 aliphatic rings. The number of hydrogen-bond donors (Lipinski definition) is 2. The molecule has 0 spiro atoms. The molecule has 1 aromatic carbocycles. The van der Waals surface area contributed by atoms with E-state index in [-0.39, 0.29) is 12.2 Å². The van der Waals surface area contributed by atoms with Gasteiger partial charge in [-0.15, -0.1) is 0 Å². The minimum atomic E-state index is -0.829. The van der Waals surface area contributed by atoms with E-state index < -0.39 is 17.9 Å². The van der Waals surface area contributed by atoms with Crippen LogP contribution in [0, 0.1) is 5.95 Å². The van der Waals surface area contributed by atoms with Crippen molar-refractivity contribution in [2.75, 3.05) is 6.61 Å². The molecule has 0 fully saturated rings. The van der Waals surface area contributed by atoms with E-state index in [0.717, 1.165) is 5.56 Å². The number of amides is 1. The Kier molecular flexibility index (Phi) is 4.20. The monoisotopic (exact) mass is 260 g/mol. The molecule has 0 bridgehead atoms. The van der Waals surface area contributed by atoms with Gasteiger partial charge in [0.2, 0.25) is 5.95 Å². The van der Waals surface area contributed by atoms with Crippen LogP contribution in [-0.4, -0.2) is 22.6 Å². The molecule has 1 amide bonds. The summed E-state index contributed by atoms with van der Waals surface area (Å²) in [5.41, 5.74) is 0.611. The van der Waals surface area contributed by atoms with E-state index in [9.17, 15) is 14.3 Å². The molecule has 1 atom stereocenters. The van der Waals surface area contributed by atoms with Gasteiger partial charge in [-0.25, -0.2) is 4.98 Å². The topological polar surface area (TPSA) is 62.2 Å². The van der Waals surface area contributed by atoms with Gasteiger partial charge in [0.15, 0.2) is 0 Å². The summed E-state index contributed by atoms with van der Waals surface area (Å²) in [6, 6.07) is 11.2. The molecule has 0 saturated heterocycles. The summed E-state index contributed by atoms with van der Waals surface area (Å²) < 4.78 is 13.4. The summed E-state index contributed by atoms with van der Waals surface area (Å²) in [5, 5.41) is 11.9. The number of benzene rings is 1. The van der Waals surface area contributed by atoms with Crippen LogP contribution in [0.1, 0.15) is 22.0 Å². The fourth-order valence-electron chi connectivity index (χ4n) is 1.71. The predicted octanol–water partition coefficient (Wildman–Crippen LogP) is 1.68. The Bertz CT molecular complexity index is 560. The normalized spacial score (nSPS) is 11.9. The standard InChI is InChI=1S/C14H13FN2O2/c15-13-11(7-4-8-16-13)14(19)17-12(9-18)10-5-2-1-3-6-10/h1-8,12,18H,9H2,(H,17,19)/t12-/m1/s1. The number of hydrogen-bond acceptors (Lipinski definition) is 3. The van der Waals surface area contributed by atoms with Crippen LogP contribution < -0.4 is 5.32 Å². The minimum Gasteiger partial charge on any atom is -0.394 e. The molecule has 0 saturated carbocycles. The van der Waals surface area contributed by atoms with Gasteiger partial charge in [0, 0.05) is 6.20 Å². The number of aromatic nitrogens is 1. The molecule has 5 heteroatoms. The van der Waals surface area contributed by atoms with Gasteiger partial charge in [-0.05, 0) is 17.7 Å². The second-order valence-corrected chi connectivity index (χ2v) is 3.96. The van der Waals surface area contributed by atoms with Crippen LogP contribution in [0.3, 0.4) is 0 Å². The van der Waals surface area contributed by atoms with E-state index in [0.29, 0.717) is 0 Å². The van der Waals surface area contributed by atoms with Gasteiger partial charge >= 0.3 is 0 Å². The van der Waals surface area contributed by atoms with Crippen molar-refractivity contribution in [3.8, 4) is 0 Å². The average Bonchev–Trinajstić information content (AvgIpc) is 2.46. The average molecular weight is 260 g/mol. The lowest BCUT2D eigenvalue weighted by molar-refractivity contribution is 0.0911. The molecule has 1 heterocycles. The number of halogens is 1. The van der Waals surface area contributed by atoms with Gasteiger partial charge < -0.3 is 10.4 Å².